The van der Waals surface area contributed by atoms with Crippen molar-refractivity contribution in [2.45, 2.75) is 25.2 Å². The van der Waals surface area contributed by atoms with Crippen LogP contribution in [0.15, 0.2) is 12.3 Å². The van der Waals surface area contributed by atoms with E-state index in [1.165, 1.54) is 12.3 Å². The van der Waals surface area contributed by atoms with E-state index in [9.17, 15) is 13.2 Å². The molecule has 5 nitrogen and oxygen atoms in total. The van der Waals surface area contributed by atoms with Gasteiger partial charge in [-0.2, -0.15) is 13.2 Å². The molecule has 2 saturated heterocycles. The fourth-order valence-electron chi connectivity index (χ4n) is 2.83. The van der Waals surface area contributed by atoms with Gasteiger partial charge in [0.05, 0.1) is 0 Å². The van der Waals surface area contributed by atoms with Gasteiger partial charge in [0.2, 0.25) is 5.82 Å². The summed E-state index contributed by atoms with van der Waals surface area (Å²) < 4.78 is 37.8. The van der Waals surface area contributed by atoms with Crippen molar-refractivity contribution in [2.75, 3.05) is 37.6 Å². The van der Waals surface area contributed by atoms with Gasteiger partial charge in [0, 0.05) is 51.0 Å². The third-order valence-corrected chi connectivity index (χ3v) is 4.00. The lowest BCUT2D eigenvalue weighted by Gasteiger charge is -2.48. The average molecular weight is 301 g/mol. The molecular formula is C13H18F3N5. The van der Waals surface area contributed by atoms with Gasteiger partial charge in [-0.15, -0.1) is 0 Å². The summed E-state index contributed by atoms with van der Waals surface area (Å²) >= 11 is 0. The van der Waals surface area contributed by atoms with E-state index >= 15 is 0 Å². The molecule has 8 heteroatoms. The van der Waals surface area contributed by atoms with Crippen LogP contribution in [-0.2, 0) is 6.18 Å². The van der Waals surface area contributed by atoms with Gasteiger partial charge >= 0.3 is 6.18 Å². The predicted molar refractivity (Wildman–Crippen MR) is 72.1 cm³/mol. The number of hydrogen-bond acceptors (Lipinski definition) is 5. The molecule has 1 atom stereocenters. The Morgan fingerprint density at radius 3 is 2.71 bits per heavy atom. The second-order valence-corrected chi connectivity index (χ2v) is 5.65. The minimum Gasteiger partial charge on any atom is -0.353 e. The van der Waals surface area contributed by atoms with Crippen LogP contribution in [0.4, 0.5) is 19.0 Å². The molecule has 3 heterocycles. The minimum absolute atomic E-state index is 0.358. The van der Waals surface area contributed by atoms with Crippen molar-refractivity contribution in [1.82, 2.24) is 20.2 Å². The molecule has 2 aliphatic rings. The van der Waals surface area contributed by atoms with E-state index in [1.54, 1.807) is 0 Å². The first-order valence-corrected chi connectivity index (χ1v) is 7.06. The van der Waals surface area contributed by atoms with Gasteiger partial charge in [-0.25, -0.2) is 9.97 Å². The monoisotopic (exact) mass is 301 g/mol. The molecule has 0 aromatic carbocycles. The maximum Gasteiger partial charge on any atom is 0.451 e. The molecule has 21 heavy (non-hydrogen) atoms. The summed E-state index contributed by atoms with van der Waals surface area (Å²) in [6, 6.07) is 2.40. The highest BCUT2D eigenvalue weighted by molar-refractivity contribution is 5.42. The number of alkyl halides is 3. The number of anilines is 1. The maximum atomic E-state index is 12.6. The van der Waals surface area contributed by atoms with E-state index in [0.29, 0.717) is 17.9 Å². The molecule has 3 rings (SSSR count). The van der Waals surface area contributed by atoms with Crippen molar-refractivity contribution in [3.63, 3.8) is 0 Å². The number of piperazine rings is 1. The molecule has 1 aromatic heterocycles. The summed E-state index contributed by atoms with van der Waals surface area (Å²) in [5, 5.41) is 3.38. The molecular weight excluding hydrogens is 283 g/mol. The van der Waals surface area contributed by atoms with Crippen LogP contribution in [0.2, 0.25) is 0 Å². The Labute approximate surface area is 121 Å². The normalized spacial score (nSPS) is 25.0. The maximum absolute atomic E-state index is 12.6. The highest BCUT2D eigenvalue weighted by atomic mass is 19.4. The van der Waals surface area contributed by atoms with E-state index < -0.39 is 12.0 Å². The number of rotatable bonds is 2. The van der Waals surface area contributed by atoms with Gasteiger partial charge in [0.15, 0.2) is 0 Å². The van der Waals surface area contributed by atoms with Crippen LogP contribution in [0.25, 0.3) is 0 Å². The predicted octanol–water partition coefficient (Wildman–Crippen LogP) is 0.978. The molecule has 0 radical (unpaired) electrons. The van der Waals surface area contributed by atoms with Gasteiger partial charge in [0.25, 0.3) is 0 Å². The SMILES string of the molecule is CC1CN(C2CN(c3ccnc(C(F)(F)F)n3)C2)CCN1. The topological polar surface area (TPSA) is 44.3 Å². The van der Waals surface area contributed by atoms with Crippen LogP contribution in [0, 0.1) is 0 Å². The molecule has 116 valence electrons. The van der Waals surface area contributed by atoms with Crippen LogP contribution < -0.4 is 10.2 Å². The zero-order chi connectivity index (χ0) is 15.0. The third kappa shape index (κ3) is 3.11. The van der Waals surface area contributed by atoms with Crippen LogP contribution in [0.3, 0.4) is 0 Å². The number of halogens is 3. The van der Waals surface area contributed by atoms with Crippen LogP contribution in [-0.4, -0.2) is 59.7 Å². The lowest BCUT2D eigenvalue weighted by molar-refractivity contribution is -0.144. The Morgan fingerprint density at radius 1 is 1.29 bits per heavy atom. The van der Waals surface area contributed by atoms with Crippen molar-refractivity contribution in [3.05, 3.63) is 18.1 Å². The zero-order valence-corrected chi connectivity index (χ0v) is 11.8. The Hall–Kier alpha value is -1.41. The van der Waals surface area contributed by atoms with Crippen molar-refractivity contribution < 1.29 is 13.2 Å². The third-order valence-electron chi connectivity index (χ3n) is 4.00. The van der Waals surface area contributed by atoms with E-state index in [-0.39, 0.29) is 0 Å². The first kappa shape index (κ1) is 14.5. The summed E-state index contributed by atoms with van der Waals surface area (Å²) in [7, 11) is 0. The van der Waals surface area contributed by atoms with Crippen LogP contribution in [0.1, 0.15) is 12.7 Å². The molecule has 1 unspecified atom stereocenters. The van der Waals surface area contributed by atoms with Gasteiger partial charge in [0.1, 0.15) is 5.82 Å². The lowest BCUT2D eigenvalue weighted by atomic mass is 10.0. The van der Waals surface area contributed by atoms with Crippen molar-refractivity contribution >= 4 is 5.82 Å². The van der Waals surface area contributed by atoms with E-state index in [4.69, 9.17) is 0 Å². The number of aromatic nitrogens is 2. The Kier molecular flexibility index (Phi) is 3.75. The minimum atomic E-state index is -4.49. The summed E-state index contributed by atoms with van der Waals surface area (Å²) in [5.74, 6) is -0.712. The van der Waals surface area contributed by atoms with Gasteiger partial charge in [-0.3, -0.25) is 4.90 Å². The molecule has 0 amide bonds. The van der Waals surface area contributed by atoms with E-state index in [0.717, 1.165) is 32.7 Å². The molecule has 0 spiro atoms. The quantitative estimate of drug-likeness (QED) is 0.882. The molecule has 2 aliphatic heterocycles. The summed E-state index contributed by atoms with van der Waals surface area (Å²) in [5.41, 5.74) is 0. The smallest absolute Gasteiger partial charge is 0.353 e. The summed E-state index contributed by atoms with van der Waals surface area (Å²) in [4.78, 5) is 11.2. The second-order valence-electron chi connectivity index (χ2n) is 5.65. The fourth-order valence-corrected chi connectivity index (χ4v) is 2.83. The second kappa shape index (κ2) is 5.42. The Bertz CT molecular complexity index is 501. The van der Waals surface area contributed by atoms with E-state index in [1.807, 2.05) is 4.90 Å². The Morgan fingerprint density at radius 2 is 2.05 bits per heavy atom. The standard InChI is InChI=1S/C13H18F3N5/c1-9-6-20(5-4-17-9)10-7-21(8-10)11-2-3-18-12(19-11)13(14,15)16/h2-3,9-10,17H,4-8H2,1H3. The first-order chi connectivity index (χ1) is 9.93. The lowest BCUT2D eigenvalue weighted by Crippen LogP contribution is -2.64. The average Bonchev–Trinajstić information content (AvgIpc) is 2.36. The van der Waals surface area contributed by atoms with Gasteiger partial charge in [-0.05, 0) is 13.0 Å². The summed E-state index contributed by atoms with van der Waals surface area (Å²) in [6.07, 6.45) is -3.32. The molecule has 0 bridgehead atoms. The summed E-state index contributed by atoms with van der Waals surface area (Å²) in [6.45, 7) is 6.52. The first-order valence-electron chi connectivity index (χ1n) is 7.06. The van der Waals surface area contributed by atoms with Crippen molar-refractivity contribution in [2.24, 2.45) is 0 Å². The fraction of sp³-hybridized carbons (Fsp3) is 0.692. The number of hydrogen-bond donors (Lipinski definition) is 1. The number of nitrogens with one attached hydrogen (secondary N) is 1. The van der Waals surface area contributed by atoms with Crippen LogP contribution >= 0.6 is 0 Å². The van der Waals surface area contributed by atoms with Crippen molar-refractivity contribution in [1.29, 1.82) is 0 Å². The van der Waals surface area contributed by atoms with E-state index in [2.05, 4.69) is 27.1 Å². The highest BCUT2D eigenvalue weighted by Crippen LogP contribution is 2.29. The van der Waals surface area contributed by atoms with Gasteiger partial charge in [-0.1, -0.05) is 0 Å². The zero-order valence-electron chi connectivity index (χ0n) is 11.8. The molecule has 1 aromatic rings. The molecule has 0 aliphatic carbocycles. The van der Waals surface area contributed by atoms with Crippen LogP contribution in [0.5, 0.6) is 0 Å². The molecule has 2 fully saturated rings. The van der Waals surface area contributed by atoms with Crippen molar-refractivity contribution in [3.8, 4) is 0 Å². The number of nitrogens with zero attached hydrogens (tertiary/aromatic N) is 4. The Balaban J connectivity index is 1.61. The largest absolute Gasteiger partial charge is 0.451 e. The highest BCUT2D eigenvalue weighted by Gasteiger charge is 2.37. The molecule has 1 N–H and O–H groups in total. The molecule has 0 saturated carbocycles. The van der Waals surface area contributed by atoms with Gasteiger partial charge < -0.3 is 10.2 Å².